The van der Waals surface area contributed by atoms with E-state index in [1.807, 2.05) is 96.8 Å². The van der Waals surface area contributed by atoms with E-state index in [2.05, 4.69) is 0 Å². The molecule has 0 spiro atoms. The number of rotatable bonds is 6. The smallest absolute Gasteiger partial charge is 0.277 e. The third kappa shape index (κ3) is 4.11. The molecule has 0 N–H and O–H groups in total. The molecule has 1 aliphatic rings. The highest BCUT2D eigenvalue weighted by molar-refractivity contribution is 6.17. The van der Waals surface area contributed by atoms with E-state index in [1.165, 1.54) is 11.0 Å². The Morgan fingerprint density at radius 2 is 1.34 bits per heavy atom. The molecule has 3 aromatic rings. The van der Waals surface area contributed by atoms with Crippen molar-refractivity contribution in [2.24, 2.45) is 0 Å². The van der Waals surface area contributed by atoms with Crippen molar-refractivity contribution in [3.8, 4) is 0 Å². The number of aryl methyl sites for hydroxylation is 1. The summed E-state index contributed by atoms with van der Waals surface area (Å²) in [6, 6.07) is 27.5. The van der Waals surface area contributed by atoms with Gasteiger partial charge in [0.15, 0.2) is 0 Å². The van der Waals surface area contributed by atoms with E-state index in [9.17, 15) is 9.59 Å². The number of anilines is 1. The maximum absolute atomic E-state index is 13.2. The second kappa shape index (κ2) is 8.15. The highest BCUT2D eigenvalue weighted by Crippen LogP contribution is 2.27. The van der Waals surface area contributed by atoms with Gasteiger partial charge in [0, 0.05) is 18.3 Å². The molecule has 1 aliphatic heterocycles. The summed E-state index contributed by atoms with van der Waals surface area (Å²) in [5, 5.41) is 0. The maximum Gasteiger partial charge on any atom is 0.277 e. The van der Waals surface area contributed by atoms with Crippen LogP contribution in [0.3, 0.4) is 0 Å². The second-order valence-corrected chi connectivity index (χ2v) is 7.15. The van der Waals surface area contributed by atoms with Crippen molar-refractivity contribution in [2.75, 3.05) is 4.90 Å². The Morgan fingerprint density at radius 3 is 1.97 bits per heavy atom. The molecule has 0 fully saturated rings. The second-order valence-electron chi connectivity index (χ2n) is 7.15. The number of hydrogen-bond acceptors (Lipinski definition) is 3. The fraction of sp³-hybridized carbons (Fsp3) is 0.120. The van der Waals surface area contributed by atoms with Crippen LogP contribution in [0.2, 0.25) is 0 Å². The quantitative estimate of drug-likeness (QED) is 0.591. The van der Waals surface area contributed by atoms with Crippen LogP contribution in [0.1, 0.15) is 16.7 Å². The van der Waals surface area contributed by atoms with Crippen molar-refractivity contribution >= 4 is 17.5 Å². The van der Waals surface area contributed by atoms with E-state index < -0.39 is 0 Å². The van der Waals surface area contributed by atoms with Crippen LogP contribution in [0.25, 0.3) is 0 Å². The monoisotopic (exact) mass is 382 g/mol. The van der Waals surface area contributed by atoms with Gasteiger partial charge in [0.25, 0.3) is 11.8 Å². The molecule has 1 heterocycles. The van der Waals surface area contributed by atoms with Crippen LogP contribution >= 0.6 is 0 Å². The molecule has 0 saturated heterocycles. The van der Waals surface area contributed by atoms with Crippen LogP contribution in [0.5, 0.6) is 0 Å². The van der Waals surface area contributed by atoms with E-state index in [0.717, 1.165) is 22.4 Å². The molecule has 29 heavy (non-hydrogen) atoms. The third-order valence-electron chi connectivity index (χ3n) is 4.99. The molecule has 144 valence electrons. The van der Waals surface area contributed by atoms with Gasteiger partial charge in [-0.15, -0.1) is 0 Å². The van der Waals surface area contributed by atoms with Crippen molar-refractivity contribution < 1.29 is 9.59 Å². The zero-order valence-electron chi connectivity index (χ0n) is 16.3. The molecule has 4 nitrogen and oxygen atoms in total. The van der Waals surface area contributed by atoms with E-state index in [-0.39, 0.29) is 18.4 Å². The van der Waals surface area contributed by atoms with Crippen LogP contribution in [0.4, 0.5) is 5.69 Å². The fourth-order valence-electron chi connectivity index (χ4n) is 3.41. The Hall–Kier alpha value is -3.66. The fourth-order valence-corrected chi connectivity index (χ4v) is 3.41. The van der Waals surface area contributed by atoms with Gasteiger partial charge in [0.05, 0.1) is 6.54 Å². The molecule has 0 radical (unpaired) electrons. The van der Waals surface area contributed by atoms with Gasteiger partial charge >= 0.3 is 0 Å². The van der Waals surface area contributed by atoms with Crippen molar-refractivity contribution in [1.82, 2.24) is 4.90 Å². The Balaban J connectivity index is 1.65. The Bertz CT molecular complexity index is 1040. The van der Waals surface area contributed by atoms with E-state index >= 15 is 0 Å². The van der Waals surface area contributed by atoms with Crippen molar-refractivity contribution in [2.45, 2.75) is 20.0 Å². The molecule has 2 amide bonds. The number of nitrogens with zero attached hydrogens (tertiary/aromatic N) is 2. The molecule has 0 aliphatic carbocycles. The number of hydrogen-bond donors (Lipinski definition) is 0. The normalized spacial score (nSPS) is 13.6. The van der Waals surface area contributed by atoms with Crippen molar-refractivity contribution in [1.29, 1.82) is 0 Å². The molecule has 4 heteroatoms. The highest BCUT2D eigenvalue weighted by atomic mass is 16.2. The minimum absolute atomic E-state index is 0.268. The average molecular weight is 382 g/mol. The summed E-state index contributed by atoms with van der Waals surface area (Å²) >= 11 is 0. The predicted octanol–water partition coefficient (Wildman–Crippen LogP) is 4.45. The molecule has 0 atom stereocenters. The first-order chi connectivity index (χ1) is 14.1. The largest absolute Gasteiger partial charge is 0.332 e. The summed E-state index contributed by atoms with van der Waals surface area (Å²) in [5.41, 5.74) is 4.42. The number of carbonyl (C=O) groups is 2. The van der Waals surface area contributed by atoms with Crippen LogP contribution < -0.4 is 4.90 Å². The lowest BCUT2D eigenvalue weighted by Crippen LogP contribution is -2.34. The lowest BCUT2D eigenvalue weighted by atomic mass is 10.1. The Kier molecular flexibility index (Phi) is 5.25. The van der Waals surface area contributed by atoms with Gasteiger partial charge in [-0.3, -0.25) is 14.5 Å². The highest BCUT2D eigenvalue weighted by Gasteiger charge is 2.34. The summed E-state index contributed by atoms with van der Waals surface area (Å²) in [6.07, 6.45) is 1.45. The van der Waals surface area contributed by atoms with E-state index in [4.69, 9.17) is 0 Å². The van der Waals surface area contributed by atoms with E-state index in [0.29, 0.717) is 12.2 Å². The van der Waals surface area contributed by atoms with Gasteiger partial charge < -0.3 is 4.90 Å². The van der Waals surface area contributed by atoms with Crippen LogP contribution in [-0.4, -0.2) is 16.7 Å². The first-order valence-corrected chi connectivity index (χ1v) is 9.61. The van der Waals surface area contributed by atoms with Crippen LogP contribution in [-0.2, 0) is 22.7 Å². The van der Waals surface area contributed by atoms with Crippen LogP contribution in [0, 0.1) is 6.92 Å². The summed E-state index contributed by atoms with van der Waals surface area (Å²) in [7, 11) is 0. The average Bonchev–Trinajstić information content (AvgIpc) is 3.02. The van der Waals surface area contributed by atoms with Gasteiger partial charge in [0.2, 0.25) is 0 Å². The first kappa shape index (κ1) is 18.7. The van der Waals surface area contributed by atoms with Crippen molar-refractivity contribution in [3.63, 3.8) is 0 Å². The van der Waals surface area contributed by atoms with Gasteiger partial charge in [-0.05, 0) is 30.2 Å². The number of amides is 2. The Labute approximate surface area is 170 Å². The summed E-state index contributed by atoms with van der Waals surface area (Å²) in [5.74, 6) is -0.547. The lowest BCUT2D eigenvalue weighted by molar-refractivity contribution is -0.137. The maximum atomic E-state index is 13.2. The van der Waals surface area contributed by atoms with Crippen LogP contribution in [0.15, 0.2) is 96.7 Å². The molecular formula is C25H22N2O2. The molecule has 4 rings (SSSR count). The number of carbonyl (C=O) groups excluding carboxylic acids is 2. The van der Waals surface area contributed by atoms with Gasteiger partial charge in [-0.2, -0.15) is 0 Å². The van der Waals surface area contributed by atoms with Crippen molar-refractivity contribution in [3.05, 3.63) is 113 Å². The summed E-state index contributed by atoms with van der Waals surface area (Å²) < 4.78 is 0. The zero-order valence-corrected chi connectivity index (χ0v) is 16.3. The van der Waals surface area contributed by atoms with E-state index in [1.54, 1.807) is 0 Å². The lowest BCUT2D eigenvalue weighted by Gasteiger charge is -2.26. The summed E-state index contributed by atoms with van der Waals surface area (Å²) in [4.78, 5) is 29.1. The number of benzene rings is 3. The molecule has 3 aromatic carbocycles. The minimum Gasteiger partial charge on any atom is -0.332 e. The van der Waals surface area contributed by atoms with Gasteiger partial charge in [-0.1, -0.05) is 78.4 Å². The first-order valence-electron chi connectivity index (χ1n) is 9.61. The Morgan fingerprint density at radius 1 is 0.759 bits per heavy atom. The molecule has 0 bridgehead atoms. The standard InChI is InChI=1S/C25H22N2O2/c1-19-12-14-22(15-13-19)26(17-20-8-4-2-5-9-20)23-16-24(28)27(25(23)29)18-21-10-6-3-7-11-21/h2-16H,17-18H2,1H3. The van der Waals surface area contributed by atoms with Gasteiger partial charge in [0.1, 0.15) is 5.70 Å². The number of imide groups is 1. The molecule has 0 aromatic heterocycles. The topological polar surface area (TPSA) is 40.6 Å². The molecule has 0 unspecified atom stereocenters. The predicted molar refractivity (Wildman–Crippen MR) is 114 cm³/mol. The minimum atomic E-state index is -0.279. The third-order valence-corrected chi connectivity index (χ3v) is 4.99. The zero-order chi connectivity index (χ0) is 20.2. The molecular weight excluding hydrogens is 360 g/mol. The SMILES string of the molecule is Cc1ccc(N(Cc2ccccc2)C2=CC(=O)N(Cc3ccccc3)C2=O)cc1. The summed E-state index contributed by atoms with van der Waals surface area (Å²) in [6.45, 7) is 2.80. The van der Waals surface area contributed by atoms with Gasteiger partial charge in [-0.25, -0.2) is 0 Å². The molecule has 0 saturated carbocycles.